The normalized spacial score (nSPS) is 12.9. The molecule has 4 aromatic carbocycles. The maximum atomic E-state index is 9.98. The van der Waals surface area contributed by atoms with Gasteiger partial charge in [0, 0.05) is 21.9 Å². The van der Waals surface area contributed by atoms with Crippen LogP contribution < -0.4 is 0 Å². The van der Waals surface area contributed by atoms with E-state index < -0.39 is 0 Å². The van der Waals surface area contributed by atoms with Crippen LogP contribution in [0.15, 0.2) is 91.0 Å². The van der Waals surface area contributed by atoms with Crippen molar-refractivity contribution in [3.8, 4) is 17.4 Å². The topological polar surface area (TPSA) is 33.6 Å². The molecule has 3 nitrogen and oxygen atoms in total. The van der Waals surface area contributed by atoms with Crippen LogP contribution >= 0.6 is 0 Å². The van der Waals surface area contributed by atoms with Crippen molar-refractivity contribution >= 4 is 38.8 Å². The lowest BCUT2D eigenvalue weighted by Gasteiger charge is -2.19. The summed E-state index contributed by atoms with van der Waals surface area (Å²) in [4.78, 5) is 0. The first-order valence-corrected chi connectivity index (χ1v) is 12.1. The molecule has 0 spiro atoms. The molecule has 2 aromatic heterocycles. The molecule has 3 heteroatoms. The lowest BCUT2D eigenvalue weighted by molar-refractivity contribution is 0.961. The first-order valence-electron chi connectivity index (χ1n) is 12.1. The van der Waals surface area contributed by atoms with Crippen LogP contribution in [0.4, 0.5) is 0 Å². The van der Waals surface area contributed by atoms with Gasteiger partial charge in [-0.05, 0) is 67.3 Å². The highest BCUT2D eigenvalue weighted by Crippen LogP contribution is 2.39. The molecule has 0 N–H and O–H groups in total. The molecule has 1 aliphatic rings. The highest BCUT2D eigenvalue weighted by molar-refractivity contribution is 6.09. The Balaban J connectivity index is 1.68. The number of aryl methyl sites for hydroxylation is 2. The molecule has 7 rings (SSSR count). The van der Waals surface area contributed by atoms with Gasteiger partial charge in [0.1, 0.15) is 0 Å². The summed E-state index contributed by atoms with van der Waals surface area (Å²) in [7, 11) is 0. The predicted molar refractivity (Wildman–Crippen MR) is 144 cm³/mol. The van der Waals surface area contributed by atoms with Crippen molar-refractivity contribution in [1.82, 2.24) is 9.13 Å². The van der Waals surface area contributed by atoms with Crippen molar-refractivity contribution in [2.75, 3.05) is 0 Å². The minimum absolute atomic E-state index is 0.704. The Morgan fingerprint density at radius 1 is 0.714 bits per heavy atom. The molecule has 0 saturated heterocycles. The molecule has 166 valence electrons. The van der Waals surface area contributed by atoms with E-state index in [0.717, 1.165) is 29.8 Å². The van der Waals surface area contributed by atoms with Gasteiger partial charge in [-0.3, -0.25) is 0 Å². The van der Waals surface area contributed by atoms with E-state index >= 15 is 0 Å². The molecule has 0 fully saturated rings. The van der Waals surface area contributed by atoms with Crippen LogP contribution in [0.5, 0.6) is 0 Å². The Hall–Kier alpha value is -4.55. The van der Waals surface area contributed by atoms with Crippen molar-refractivity contribution in [3.63, 3.8) is 0 Å². The standard InChI is InChI=1S/C32H23N3/c1-21-18-31(34-27-14-6-2-10-23(27)24-11-3-7-15-28(24)34)32(19-22(21)20-33)35-29-16-8-4-12-25(29)26-13-5-9-17-30(26)35/h2-4,6-12,14-19H,5,13H2,1H3. The van der Waals surface area contributed by atoms with Crippen LogP contribution in [-0.2, 0) is 6.42 Å². The first kappa shape index (κ1) is 19.9. The van der Waals surface area contributed by atoms with Crippen LogP contribution in [-0.4, -0.2) is 9.13 Å². The predicted octanol–water partition coefficient (Wildman–Crippen LogP) is 7.87. The second-order valence-corrected chi connectivity index (χ2v) is 9.29. The van der Waals surface area contributed by atoms with Gasteiger partial charge in [0.2, 0.25) is 0 Å². The highest BCUT2D eigenvalue weighted by Gasteiger charge is 2.23. The zero-order chi connectivity index (χ0) is 23.5. The Bertz CT molecular complexity index is 1820. The molecule has 0 saturated carbocycles. The van der Waals surface area contributed by atoms with Gasteiger partial charge in [-0.2, -0.15) is 5.26 Å². The van der Waals surface area contributed by atoms with Crippen LogP contribution in [0.2, 0.25) is 0 Å². The molecule has 35 heavy (non-hydrogen) atoms. The summed E-state index contributed by atoms with van der Waals surface area (Å²) in [5, 5.41) is 13.7. The molecule has 0 unspecified atom stereocenters. The lowest BCUT2D eigenvalue weighted by Crippen LogP contribution is -2.07. The van der Waals surface area contributed by atoms with Crippen molar-refractivity contribution < 1.29 is 0 Å². The van der Waals surface area contributed by atoms with Crippen molar-refractivity contribution in [2.24, 2.45) is 0 Å². The number of para-hydroxylation sites is 3. The molecular weight excluding hydrogens is 426 g/mol. The largest absolute Gasteiger partial charge is 0.307 e. The minimum atomic E-state index is 0.704. The summed E-state index contributed by atoms with van der Waals surface area (Å²) < 4.78 is 4.72. The third-order valence-electron chi connectivity index (χ3n) is 7.36. The third kappa shape index (κ3) is 2.77. The molecule has 0 atom stereocenters. The summed E-state index contributed by atoms with van der Waals surface area (Å²) in [5.41, 5.74) is 9.91. The average Bonchev–Trinajstić information content (AvgIpc) is 3.42. The number of nitrogens with zero attached hydrogens (tertiary/aromatic N) is 3. The third-order valence-corrected chi connectivity index (χ3v) is 7.36. The van der Waals surface area contributed by atoms with Gasteiger partial charge in [0.05, 0.1) is 39.6 Å². The van der Waals surface area contributed by atoms with Gasteiger partial charge < -0.3 is 9.13 Å². The second kappa shape index (κ2) is 7.48. The smallest absolute Gasteiger partial charge is 0.0995 e. The van der Waals surface area contributed by atoms with Crippen LogP contribution in [0.25, 0.3) is 50.2 Å². The summed E-state index contributed by atoms with van der Waals surface area (Å²) in [6, 6.07) is 32.5. The fourth-order valence-electron chi connectivity index (χ4n) is 5.79. The Morgan fingerprint density at radius 2 is 1.29 bits per heavy atom. The van der Waals surface area contributed by atoms with E-state index in [1.54, 1.807) is 0 Å². The Labute approximate surface area is 203 Å². The van der Waals surface area contributed by atoms with Crippen molar-refractivity contribution in [1.29, 1.82) is 5.26 Å². The van der Waals surface area contributed by atoms with Gasteiger partial charge in [-0.25, -0.2) is 0 Å². The first-order chi connectivity index (χ1) is 17.3. The van der Waals surface area contributed by atoms with Gasteiger partial charge in [0.15, 0.2) is 0 Å². The van der Waals surface area contributed by atoms with E-state index in [-0.39, 0.29) is 0 Å². The second-order valence-electron chi connectivity index (χ2n) is 9.29. The quantitative estimate of drug-likeness (QED) is 0.265. The zero-order valence-electron chi connectivity index (χ0n) is 19.5. The van der Waals surface area contributed by atoms with Gasteiger partial charge >= 0.3 is 0 Å². The van der Waals surface area contributed by atoms with E-state index in [4.69, 9.17) is 0 Å². The fraction of sp³-hybridized carbons (Fsp3) is 0.0938. The molecule has 0 bridgehead atoms. The summed E-state index contributed by atoms with van der Waals surface area (Å²) >= 11 is 0. The minimum Gasteiger partial charge on any atom is -0.307 e. The molecule has 0 aliphatic heterocycles. The number of rotatable bonds is 2. The number of aromatic nitrogens is 2. The fourth-order valence-corrected chi connectivity index (χ4v) is 5.79. The van der Waals surface area contributed by atoms with Crippen LogP contribution in [0.1, 0.15) is 28.8 Å². The number of hydrogen-bond acceptors (Lipinski definition) is 1. The number of hydrogen-bond donors (Lipinski definition) is 0. The summed E-state index contributed by atoms with van der Waals surface area (Å²) in [6.07, 6.45) is 6.59. The highest BCUT2D eigenvalue weighted by atomic mass is 15.1. The number of benzene rings is 4. The molecule has 2 heterocycles. The molecule has 0 amide bonds. The van der Waals surface area contributed by atoms with Crippen molar-refractivity contribution in [3.05, 3.63) is 113 Å². The van der Waals surface area contributed by atoms with Crippen LogP contribution in [0.3, 0.4) is 0 Å². The monoisotopic (exact) mass is 449 g/mol. The zero-order valence-corrected chi connectivity index (χ0v) is 19.5. The van der Waals surface area contributed by atoms with Gasteiger partial charge in [-0.1, -0.05) is 60.7 Å². The maximum absolute atomic E-state index is 9.98. The Morgan fingerprint density at radius 3 is 1.94 bits per heavy atom. The van der Waals surface area contributed by atoms with E-state index in [0.29, 0.717) is 5.56 Å². The molecule has 6 aromatic rings. The van der Waals surface area contributed by atoms with E-state index in [1.807, 2.05) is 6.92 Å². The van der Waals surface area contributed by atoms with E-state index in [2.05, 4.69) is 112 Å². The molecular formula is C32H23N3. The van der Waals surface area contributed by atoms with E-state index in [9.17, 15) is 5.26 Å². The lowest BCUT2D eigenvalue weighted by atomic mass is 10.0. The SMILES string of the molecule is Cc1cc(-n2c3ccccc3c3ccccc32)c(-n2c3c(c4ccccc42)CCC=C3)cc1C#N. The van der Waals surface area contributed by atoms with Gasteiger partial charge in [-0.15, -0.1) is 0 Å². The number of allylic oxidation sites excluding steroid dienone is 1. The van der Waals surface area contributed by atoms with Crippen molar-refractivity contribution in [2.45, 2.75) is 19.8 Å². The maximum Gasteiger partial charge on any atom is 0.0995 e. The van der Waals surface area contributed by atoms with Crippen LogP contribution in [0, 0.1) is 18.3 Å². The average molecular weight is 450 g/mol. The summed E-state index contributed by atoms with van der Waals surface area (Å²) in [6.45, 7) is 2.03. The molecule has 0 radical (unpaired) electrons. The Kier molecular flexibility index (Phi) is 4.25. The van der Waals surface area contributed by atoms with E-state index in [1.165, 1.54) is 44.0 Å². The number of nitriles is 1. The molecule has 1 aliphatic carbocycles. The number of fused-ring (bicyclic) bond motifs is 6. The van der Waals surface area contributed by atoms with Gasteiger partial charge in [0.25, 0.3) is 0 Å². The summed E-state index contributed by atoms with van der Waals surface area (Å²) in [5.74, 6) is 0.